The van der Waals surface area contributed by atoms with E-state index in [9.17, 15) is 9.59 Å². The second-order valence-electron chi connectivity index (χ2n) is 10.0. The molecule has 0 radical (unpaired) electrons. The SMILES string of the molecule is CC(C)Cn1c(=O)c2c(nc(C(C)C)n2Cc2ccc(-c3ccccc3)c(-c3nn[nH]n3)c2)n(C)c1=O. The first-order valence-corrected chi connectivity index (χ1v) is 12.4. The van der Waals surface area contributed by atoms with Crippen LogP contribution in [-0.4, -0.2) is 39.3 Å². The minimum Gasteiger partial charge on any atom is -0.317 e. The molecule has 5 aromatic rings. The number of hydrogen-bond acceptors (Lipinski definition) is 6. The summed E-state index contributed by atoms with van der Waals surface area (Å²) in [4.78, 5) is 31.4. The number of nitrogens with zero attached hydrogens (tertiary/aromatic N) is 7. The normalized spacial score (nSPS) is 11.8. The molecule has 1 N–H and O–H groups in total. The highest BCUT2D eigenvalue weighted by atomic mass is 16.2. The van der Waals surface area contributed by atoms with Crippen LogP contribution in [0.4, 0.5) is 0 Å². The number of aromatic amines is 1. The van der Waals surface area contributed by atoms with E-state index in [4.69, 9.17) is 4.98 Å². The van der Waals surface area contributed by atoms with Crippen molar-refractivity contribution < 1.29 is 0 Å². The summed E-state index contributed by atoms with van der Waals surface area (Å²) in [6, 6.07) is 16.1. The van der Waals surface area contributed by atoms with Crippen molar-refractivity contribution in [2.75, 3.05) is 0 Å². The molecule has 0 saturated heterocycles. The van der Waals surface area contributed by atoms with Gasteiger partial charge >= 0.3 is 5.69 Å². The lowest BCUT2D eigenvalue weighted by Gasteiger charge is -2.15. The third-order valence-electron chi connectivity index (χ3n) is 6.42. The van der Waals surface area contributed by atoms with Crippen LogP contribution in [0.5, 0.6) is 0 Å². The Labute approximate surface area is 213 Å². The molecular weight excluding hydrogens is 468 g/mol. The summed E-state index contributed by atoms with van der Waals surface area (Å²) in [6.45, 7) is 8.79. The van der Waals surface area contributed by atoms with Crippen molar-refractivity contribution in [1.29, 1.82) is 0 Å². The zero-order valence-electron chi connectivity index (χ0n) is 21.6. The van der Waals surface area contributed by atoms with Crippen molar-refractivity contribution in [1.82, 2.24) is 39.3 Å². The zero-order chi connectivity index (χ0) is 26.3. The Balaban J connectivity index is 1.70. The molecule has 3 aromatic heterocycles. The standard InChI is InChI=1S/C27H30N8O2/c1-16(2)14-35-26(36)22-25(33(5)27(35)37)28-24(17(3)4)34(22)15-18-11-12-20(19-9-7-6-8-10-19)21(13-18)23-29-31-32-30-23/h6-13,16-17H,14-15H2,1-5H3,(H,29,30,31,32). The molecule has 0 atom stereocenters. The van der Waals surface area contributed by atoms with E-state index in [2.05, 4.69) is 20.6 Å². The topological polar surface area (TPSA) is 116 Å². The Morgan fingerprint density at radius 1 is 0.946 bits per heavy atom. The van der Waals surface area contributed by atoms with Crippen LogP contribution in [0, 0.1) is 5.92 Å². The van der Waals surface area contributed by atoms with Gasteiger partial charge in [0.2, 0.25) is 5.82 Å². The van der Waals surface area contributed by atoms with Crippen LogP contribution >= 0.6 is 0 Å². The Hall–Kier alpha value is -4.34. The fraction of sp³-hybridized carbons (Fsp3) is 0.333. The average molecular weight is 499 g/mol. The lowest BCUT2D eigenvalue weighted by atomic mass is 9.97. The number of aryl methyl sites for hydroxylation is 1. The van der Waals surface area contributed by atoms with Gasteiger partial charge in [0.15, 0.2) is 11.2 Å². The highest BCUT2D eigenvalue weighted by Gasteiger charge is 2.23. The van der Waals surface area contributed by atoms with Crippen LogP contribution in [0.3, 0.4) is 0 Å². The van der Waals surface area contributed by atoms with Gasteiger partial charge < -0.3 is 4.57 Å². The molecular formula is C27H30N8O2. The van der Waals surface area contributed by atoms with E-state index in [-0.39, 0.29) is 23.1 Å². The van der Waals surface area contributed by atoms with Gasteiger partial charge in [-0.25, -0.2) is 9.78 Å². The van der Waals surface area contributed by atoms with Crippen LogP contribution in [0.2, 0.25) is 0 Å². The predicted molar refractivity (Wildman–Crippen MR) is 142 cm³/mol. The lowest BCUT2D eigenvalue weighted by molar-refractivity contribution is 0.484. The summed E-state index contributed by atoms with van der Waals surface area (Å²) < 4.78 is 4.74. The van der Waals surface area contributed by atoms with Gasteiger partial charge in [0.05, 0.1) is 0 Å². The number of tetrazole rings is 1. The molecule has 0 aliphatic carbocycles. The molecule has 0 aliphatic rings. The summed E-state index contributed by atoms with van der Waals surface area (Å²) in [5.74, 6) is 1.42. The van der Waals surface area contributed by atoms with Crippen molar-refractivity contribution in [3.05, 3.63) is 80.8 Å². The molecule has 0 bridgehead atoms. The number of imidazole rings is 1. The maximum absolute atomic E-state index is 13.6. The first kappa shape index (κ1) is 24.4. The molecule has 0 aliphatic heterocycles. The molecule has 10 heteroatoms. The molecule has 0 saturated carbocycles. The Morgan fingerprint density at radius 3 is 2.35 bits per heavy atom. The molecule has 37 heavy (non-hydrogen) atoms. The van der Waals surface area contributed by atoms with Gasteiger partial charge in [-0.2, -0.15) is 5.21 Å². The molecule has 3 heterocycles. The van der Waals surface area contributed by atoms with E-state index < -0.39 is 0 Å². The van der Waals surface area contributed by atoms with Crippen molar-refractivity contribution in [3.8, 4) is 22.5 Å². The van der Waals surface area contributed by atoms with Gasteiger partial charge in [-0.3, -0.25) is 13.9 Å². The van der Waals surface area contributed by atoms with Gasteiger partial charge in [-0.15, -0.1) is 10.2 Å². The van der Waals surface area contributed by atoms with Gasteiger partial charge in [0, 0.05) is 31.6 Å². The number of benzene rings is 2. The van der Waals surface area contributed by atoms with Gasteiger partial charge in [-0.1, -0.05) is 70.2 Å². The second kappa shape index (κ2) is 9.61. The van der Waals surface area contributed by atoms with Crippen LogP contribution in [0.25, 0.3) is 33.7 Å². The van der Waals surface area contributed by atoms with Crippen molar-refractivity contribution in [2.45, 2.75) is 46.7 Å². The number of fused-ring (bicyclic) bond motifs is 1. The van der Waals surface area contributed by atoms with Crippen LogP contribution in [0.1, 0.15) is 45.0 Å². The van der Waals surface area contributed by atoms with Crippen molar-refractivity contribution in [2.24, 2.45) is 13.0 Å². The fourth-order valence-corrected chi connectivity index (χ4v) is 4.72. The number of H-pyrrole nitrogens is 1. The summed E-state index contributed by atoms with van der Waals surface area (Å²) >= 11 is 0. The van der Waals surface area contributed by atoms with Gasteiger partial charge in [0.25, 0.3) is 5.56 Å². The van der Waals surface area contributed by atoms with E-state index in [1.165, 1.54) is 9.13 Å². The molecule has 2 aromatic carbocycles. The first-order valence-electron chi connectivity index (χ1n) is 12.4. The zero-order valence-corrected chi connectivity index (χ0v) is 21.6. The number of aromatic nitrogens is 8. The third-order valence-corrected chi connectivity index (χ3v) is 6.42. The number of rotatable bonds is 7. The minimum absolute atomic E-state index is 0.0423. The van der Waals surface area contributed by atoms with Crippen LogP contribution in [-0.2, 0) is 20.1 Å². The molecule has 10 nitrogen and oxygen atoms in total. The smallest absolute Gasteiger partial charge is 0.317 e. The number of hydrogen-bond donors (Lipinski definition) is 1. The molecule has 0 unspecified atom stereocenters. The third kappa shape index (κ3) is 4.39. The maximum atomic E-state index is 13.6. The average Bonchev–Trinajstić information content (AvgIpc) is 3.55. The van der Waals surface area contributed by atoms with Crippen LogP contribution < -0.4 is 11.2 Å². The Kier molecular flexibility index (Phi) is 6.32. The molecule has 0 amide bonds. The Morgan fingerprint density at radius 2 is 1.70 bits per heavy atom. The van der Waals surface area contributed by atoms with E-state index in [1.807, 2.05) is 80.8 Å². The van der Waals surface area contributed by atoms with Gasteiger partial charge in [-0.05, 0) is 33.9 Å². The molecule has 0 spiro atoms. The van der Waals surface area contributed by atoms with E-state index >= 15 is 0 Å². The summed E-state index contributed by atoms with van der Waals surface area (Å²) in [5, 5.41) is 14.7. The molecule has 0 fully saturated rings. The number of nitrogens with one attached hydrogen (secondary N) is 1. The summed E-state index contributed by atoms with van der Waals surface area (Å²) in [7, 11) is 1.67. The Bertz CT molecular complexity index is 1680. The minimum atomic E-state index is -0.349. The first-order chi connectivity index (χ1) is 17.8. The maximum Gasteiger partial charge on any atom is 0.332 e. The molecule has 5 rings (SSSR count). The van der Waals surface area contributed by atoms with E-state index in [0.29, 0.717) is 30.1 Å². The fourth-order valence-electron chi connectivity index (χ4n) is 4.72. The quantitative estimate of drug-likeness (QED) is 0.367. The predicted octanol–water partition coefficient (Wildman–Crippen LogP) is 3.57. The monoisotopic (exact) mass is 498 g/mol. The highest BCUT2D eigenvalue weighted by Crippen LogP contribution is 2.31. The highest BCUT2D eigenvalue weighted by molar-refractivity contribution is 5.81. The lowest BCUT2D eigenvalue weighted by Crippen LogP contribution is -2.40. The van der Waals surface area contributed by atoms with Gasteiger partial charge in [0.1, 0.15) is 5.82 Å². The van der Waals surface area contributed by atoms with E-state index in [1.54, 1.807) is 7.05 Å². The van der Waals surface area contributed by atoms with Crippen molar-refractivity contribution in [3.63, 3.8) is 0 Å². The van der Waals surface area contributed by atoms with Crippen molar-refractivity contribution >= 4 is 11.2 Å². The molecule has 190 valence electrons. The summed E-state index contributed by atoms with van der Waals surface area (Å²) in [5.41, 5.74) is 3.96. The summed E-state index contributed by atoms with van der Waals surface area (Å²) in [6.07, 6.45) is 0. The van der Waals surface area contributed by atoms with Crippen LogP contribution in [0.15, 0.2) is 58.1 Å². The van der Waals surface area contributed by atoms with E-state index in [0.717, 1.165) is 28.1 Å². The second-order valence-corrected chi connectivity index (χ2v) is 10.0. The largest absolute Gasteiger partial charge is 0.332 e.